The van der Waals surface area contributed by atoms with Crippen LogP contribution in [-0.4, -0.2) is 27.2 Å². The summed E-state index contributed by atoms with van der Waals surface area (Å²) < 4.78 is 21.6. The number of aryl methyl sites for hydroxylation is 1. The summed E-state index contributed by atoms with van der Waals surface area (Å²) in [6.07, 6.45) is 0. The van der Waals surface area contributed by atoms with Gasteiger partial charge in [-0.25, -0.2) is 0 Å². The SMILES string of the molecule is COc1cc(NC(=O)c2c(C)oc3ccccc23)cc(OC)c1OC. The van der Waals surface area contributed by atoms with E-state index in [1.807, 2.05) is 24.3 Å². The lowest BCUT2D eigenvalue weighted by molar-refractivity contribution is 0.102. The van der Waals surface area contributed by atoms with Crippen LogP contribution in [0.4, 0.5) is 5.69 Å². The Hall–Kier alpha value is -3.15. The third-order valence-electron chi connectivity index (χ3n) is 3.92. The van der Waals surface area contributed by atoms with Crippen molar-refractivity contribution >= 4 is 22.6 Å². The number of carbonyl (C=O) groups is 1. The summed E-state index contributed by atoms with van der Waals surface area (Å²) in [6.45, 7) is 1.77. The number of hydrogen-bond acceptors (Lipinski definition) is 5. The van der Waals surface area contributed by atoms with Crippen molar-refractivity contribution in [1.29, 1.82) is 0 Å². The van der Waals surface area contributed by atoms with Crippen molar-refractivity contribution in [2.75, 3.05) is 26.6 Å². The number of ether oxygens (including phenoxy) is 3. The van der Waals surface area contributed by atoms with Crippen LogP contribution in [0.2, 0.25) is 0 Å². The zero-order chi connectivity index (χ0) is 18.0. The number of amides is 1. The van der Waals surface area contributed by atoms with Gasteiger partial charge in [0.1, 0.15) is 11.3 Å². The molecule has 2 aromatic carbocycles. The average Bonchev–Trinajstić information content (AvgIpc) is 2.96. The number of methoxy groups -OCH3 is 3. The van der Waals surface area contributed by atoms with Gasteiger partial charge in [0.15, 0.2) is 11.5 Å². The maximum atomic E-state index is 12.8. The minimum atomic E-state index is -0.267. The van der Waals surface area contributed by atoms with Gasteiger partial charge in [-0.3, -0.25) is 4.79 Å². The molecule has 6 heteroatoms. The van der Waals surface area contributed by atoms with E-state index in [0.717, 1.165) is 5.39 Å². The first-order valence-corrected chi connectivity index (χ1v) is 7.68. The Labute approximate surface area is 145 Å². The van der Waals surface area contributed by atoms with Gasteiger partial charge in [-0.1, -0.05) is 18.2 Å². The molecule has 0 saturated heterocycles. The summed E-state index contributed by atoms with van der Waals surface area (Å²) in [5.41, 5.74) is 1.71. The predicted octanol–water partition coefficient (Wildman–Crippen LogP) is 4.02. The standard InChI is InChI=1S/C19H19NO5/c1-11-17(13-7-5-6-8-14(13)25-11)19(21)20-12-9-15(22-2)18(24-4)16(10-12)23-3/h5-10H,1-4H3,(H,20,21). The molecule has 0 aliphatic rings. The number of furan rings is 1. The minimum absolute atomic E-state index is 0.267. The van der Waals surface area contributed by atoms with Gasteiger partial charge in [0.05, 0.1) is 26.9 Å². The molecular weight excluding hydrogens is 322 g/mol. The first kappa shape index (κ1) is 16.7. The van der Waals surface area contributed by atoms with Crippen LogP contribution in [0.5, 0.6) is 17.2 Å². The summed E-state index contributed by atoms with van der Waals surface area (Å²) in [6, 6.07) is 10.8. The molecule has 1 N–H and O–H groups in total. The number of nitrogens with one attached hydrogen (secondary N) is 1. The lowest BCUT2D eigenvalue weighted by atomic mass is 10.1. The highest BCUT2D eigenvalue weighted by Crippen LogP contribution is 2.40. The number of hydrogen-bond donors (Lipinski definition) is 1. The van der Waals surface area contributed by atoms with Crippen LogP contribution in [0.3, 0.4) is 0 Å². The van der Waals surface area contributed by atoms with E-state index in [2.05, 4.69) is 5.32 Å². The largest absolute Gasteiger partial charge is 0.493 e. The van der Waals surface area contributed by atoms with Crippen LogP contribution in [0.1, 0.15) is 16.1 Å². The van der Waals surface area contributed by atoms with Gasteiger partial charge in [0, 0.05) is 23.2 Å². The van der Waals surface area contributed by atoms with Crippen molar-refractivity contribution in [3.8, 4) is 17.2 Å². The maximum absolute atomic E-state index is 12.8. The van der Waals surface area contributed by atoms with Crippen LogP contribution in [0.25, 0.3) is 11.0 Å². The summed E-state index contributed by atoms with van der Waals surface area (Å²) in [7, 11) is 4.58. The van der Waals surface area contributed by atoms with Gasteiger partial charge in [0.2, 0.25) is 5.75 Å². The first-order valence-electron chi connectivity index (χ1n) is 7.68. The van der Waals surface area contributed by atoms with E-state index in [4.69, 9.17) is 18.6 Å². The van der Waals surface area contributed by atoms with E-state index in [-0.39, 0.29) is 5.91 Å². The number of fused-ring (bicyclic) bond motifs is 1. The van der Waals surface area contributed by atoms with E-state index in [9.17, 15) is 4.79 Å². The Morgan fingerprint density at radius 3 is 2.24 bits per heavy atom. The fraction of sp³-hybridized carbons (Fsp3) is 0.211. The Morgan fingerprint density at radius 1 is 1.00 bits per heavy atom. The molecule has 0 saturated carbocycles. The fourth-order valence-corrected chi connectivity index (χ4v) is 2.80. The second-order valence-corrected chi connectivity index (χ2v) is 5.40. The van der Waals surface area contributed by atoms with Crippen LogP contribution >= 0.6 is 0 Å². The van der Waals surface area contributed by atoms with E-state index in [1.165, 1.54) is 21.3 Å². The lowest BCUT2D eigenvalue weighted by Gasteiger charge is -2.14. The summed E-state index contributed by atoms with van der Waals surface area (Å²) >= 11 is 0. The number of anilines is 1. The predicted molar refractivity (Wildman–Crippen MR) is 95.0 cm³/mol. The number of benzene rings is 2. The summed E-state index contributed by atoms with van der Waals surface area (Å²) in [5.74, 6) is 1.69. The molecule has 1 heterocycles. The zero-order valence-corrected chi connectivity index (χ0v) is 14.5. The average molecular weight is 341 g/mol. The van der Waals surface area contributed by atoms with E-state index >= 15 is 0 Å². The van der Waals surface area contributed by atoms with Gasteiger partial charge in [-0.05, 0) is 13.0 Å². The molecule has 0 spiro atoms. The molecule has 3 rings (SSSR count). The Balaban J connectivity index is 1.99. The number of rotatable bonds is 5. The Kier molecular flexibility index (Phi) is 4.52. The van der Waals surface area contributed by atoms with Crippen molar-refractivity contribution < 1.29 is 23.4 Å². The molecule has 0 fully saturated rings. The highest BCUT2D eigenvalue weighted by Gasteiger charge is 2.20. The quantitative estimate of drug-likeness (QED) is 0.759. The molecule has 0 radical (unpaired) electrons. The van der Waals surface area contributed by atoms with Gasteiger partial charge >= 0.3 is 0 Å². The molecule has 1 aromatic heterocycles. The first-order chi connectivity index (χ1) is 12.1. The molecule has 3 aromatic rings. The van der Waals surface area contributed by atoms with E-state index < -0.39 is 0 Å². The Bertz CT molecular complexity index is 904. The zero-order valence-electron chi connectivity index (χ0n) is 14.5. The topological polar surface area (TPSA) is 69.9 Å². The second kappa shape index (κ2) is 6.76. The molecule has 0 bridgehead atoms. The summed E-state index contributed by atoms with van der Waals surface area (Å²) in [5, 5.41) is 3.63. The molecule has 0 aliphatic heterocycles. The van der Waals surface area contributed by atoms with Crippen LogP contribution in [-0.2, 0) is 0 Å². The van der Waals surface area contributed by atoms with E-state index in [0.29, 0.717) is 39.8 Å². The fourth-order valence-electron chi connectivity index (χ4n) is 2.80. The van der Waals surface area contributed by atoms with Crippen molar-refractivity contribution in [2.24, 2.45) is 0 Å². The van der Waals surface area contributed by atoms with Gasteiger partial charge < -0.3 is 23.9 Å². The van der Waals surface area contributed by atoms with Crippen LogP contribution < -0.4 is 19.5 Å². The minimum Gasteiger partial charge on any atom is -0.493 e. The van der Waals surface area contributed by atoms with E-state index in [1.54, 1.807) is 19.1 Å². The van der Waals surface area contributed by atoms with Gasteiger partial charge in [-0.15, -0.1) is 0 Å². The molecule has 1 amide bonds. The van der Waals surface area contributed by atoms with Gasteiger partial charge in [-0.2, -0.15) is 0 Å². The van der Waals surface area contributed by atoms with Gasteiger partial charge in [0.25, 0.3) is 5.91 Å². The molecule has 0 unspecified atom stereocenters. The summed E-state index contributed by atoms with van der Waals surface area (Å²) in [4.78, 5) is 12.8. The third-order valence-corrected chi connectivity index (χ3v) is 3.92. The van der Waals surface area contributed by atoms with Crippen molar-refractivity contribution in [2.45, 2.75) is 6.92 Å². The second-order valence-electron chi connectivity index (χ2n) is 5.40. The molecule has 6 nitrogen and oxygen atoms in total. The number of para-hydroxylation sites is 1. The molecule has 0 atom stereocenters. The van der Waals surface area contributed by atoms with Crippen LogP contribution in [0.15, 0.2) is 40.8 Å². The maximum Gasteiger partial charge on any atom is 0.259 e. The van der Waals surface area contributed by atoms with Crippen LogP contribution in [0, 0.1) is 6.92 Å². The third kappa shape index (κ3) is 2.98. The van der Waals surface area contributed by atoms with Crippen molar-refractivity contribution in [3.63, 3.8) is 0 Å². The molecule has 0 aliphatic carbocycles. The molecule has 130 valence electrons. The molecular formula is C19H19NO5. The lowest BCUT2D eigenvalue weighted by Crippen LogP contribution is -2.13. The normalized spacial score (nSPS) is 10.6. The monoisotopic (exact) mass is 341 g/mol. The smallest absolute Gasteiger partial charge is 0.259 e. The van der Waals surface area contributed by atoms with Crippen molar-refractivity contribution in [1.82, 2.24) is 0 Å². The highest BCUT2D eigenvalue weighted by molar-refractivity contribution is 6.13. The van der Waals surface area contributed by atoms with Crippen molar-refractivity contribution in [3.05, 3.63) is 47.7 Å². The Morgan fingerprint density at radius 2 is 1.64 bits per heavy atom. The number of carbonyl (C=O) groups excluding carboxylic acids is 1. The molecule has 25 heavy (non-hydrogen) atoms. The highest BCUT2D eigenvalue weighted by atomic mass is 16.5.